The lowest BCUT2D eigenvalue weighted by atomic mass is 10.2. The molecule has 0 aliphatic heterocycles. The summed E-state index contributed by atoms with van der Waals surface area (Å²) in [5.74, 6) is -0.524. The molecule has 0 aliphatic carbocycles. The van der Waals surface area contributed by atoms with Crippen molar-refractivity contribution < 1.29 is 19.1 Å². The molecule has 6 nitrogen and oxygen atoms in total. The molecule has 112 valence electrons. The third kappa shape index (κ3) is 3.49. The largest absolute Gasteiger partial charge is 0.465 e. The molecule has 0 aliphatic rings. The smallest absolute Gasteiger partial charge is 0.412 e. The van der Waals surface area contributed by atoms with Crippen molar-refractivity contribution in [3.05, 3.63) is 23.2 Å². The monoisotopic (exact) mass is 308 g/mol. The van der Waals surface area contributed by atoms with Crippen LogP contribution in [0.25, 0.3) is 10.2 Å². The number of thiophene rings is 1. The maximum atomic E-state index is 11.9. The summed E-state index contributed by atoms with van der Waals surface area (Å²) < 4.78 is 10.7. The van der Waals surface area contributed by atoms with Crippen LogP contribution in [-0.2, 0) is 9.47 Å². The summed E-state index contributed by atoms with van der Waals surface area (Å²) in [7, 11) is 1.29. The normalized spacial score (nSPS) is 11.2. The fraction of sp³-hybridized carbons (Fsp3) is 0.357. The Hall–Kier alpha value is -2.15. The van der Waals surface area contributed by atoms with E-state index in [1.54, 1.807) is 33.0 Å². The van der Waals surface area contributed by atoms with E-state index in [1.165, 1.54) is 18.4 Å². The molecule has 2 aromatic heterocycles. The zero-order valence-corrected chi connectivity index (χ0v) is 13.0. The number of carbonyl (C=O) groups excluding carboxylic acids is 2. The van der Waals surface area contributed by atoms with Crippen LogP contribution in [-0.4, -0.2) is 29.8 Å². The van der Waals surface area contributed by atoms with Crippen LogP contribution in [0.4, 0.5) is 10.5 Å². The highest BCUT2D eigenvalue weighted by molar-refractivity contribution is 7.21. The first-order valence-corrected chi connectivity index (χ1v) is 7.09. The van der Waals surface area contributed by atoms with Gasteiger partial charge in [-0.3, -0.25) is 10.3 Å². The lowest BCUT2D eigenvalue weighted by molar-refractivity contribution is 0.0607. The predicted octanol–water partition coefficient (Wildman–Crippen LogP) is 3.43. The summed E-state index contributed by atoms with van der Waals surface area (Å²) in [5, 5.41) is 2.59. The third-order valence-electron chi connectivity index (χ3n) is 2.44. The summed E-state index contributed by atoms with van der Waals surface area (Å²) in [4.78, 5) is 28.3. The quantitative estimate of drug-likeness (QED) is 0.860. The summed E-state index contributed by atoms with van der Waals surface area (Å²) >= 11 is 1.21. The standard InChI is InChI=1S/C14H16N2O4S/c1-14(2,3)20-13(18)16-10-9-8(6-5-7-15-9)21-11(10)12(17)19-4/h5-7H,1-4H3,(H,16,18). The number of anilines is 1. The number of esters is 1. The van der Waals surface area contributed by atoms with E-state index in [9.17, 15) is 9.59 Å². The van der Waals surface area contributed by atoms with Gasteiger partial charge in [-0.05, 0) is 32.9 Å². The van der Waals surface area contributed by atoms with Crippen molar-refractivity contribution in [3.8, 4) is 0 Å². The van der Waals surface area contributed by atoms with Crippen LogP contribution in [0.15, 0.2) is 18.3 Å². The molecule has 0 unspecified atom stereocenters. The van der Waals surface area contributed by atoms with Crippen LogP contribution >= 0.6 is 11.3 Å². The van der Waals surface area contributed by atoms with Crippen molar-refractivity contribution in [1.29, 1.82) is 0 Å². The molecule has 1 amide bonds. The molecule has 21 heavy (non-hydrogen) atoms. The van der Waals surface area contributed by atoms with E-state index in [2.05, 4.69) is 10.3 Å². The minimum atomic E-state index is -0.641. The number of amides is 1. The van der Waals surface area contributed by atoms with E-state index in [0.29, 0.717) is 11.2 Å². The van der Waals surface area contributed by atoms with E-state index < -0.39 is 17.7 Å². The van der Waals surface area contributed by atoms with E-state index in [-0.39, 0.29) is 4.88 Å². The maximum absolute atomic E-state index is 11.9. The Morgan fingerprint density at radius 2 is 2.05 bits per heavy atom. The van der Waals surface area contributed by atoms with Gasteiger partial charge in [-0.25, -0.2) is 9.59 Å². The Balaban J connectivity index is 2.41. The lowest BCUT2D eigenvalue weighted by Crippen LogP contribution is -2.27. The number of aromatic nitrogens is 1. The van der Waals surface area contributed by atoms with Crippen molar-refractivity contribution in [2.24, 2.45) is 0 Å². The fourth-order valence-electron chi connectivity index (χ4n) is 1.69. The number of fused-ring (bicyclic) bond motifs is 1. The molecule has 7 heteroatoms. The number of nitrogens with one attached hydrogen (secondary N) is 1. The van der Waals surface area contributed by atoms with Gasteiger partial charge in [-0.2, -0.15) is 0 Å². The molecular formula is C14H16N2O4S. The van der Waals surface area contributed by atoms with Gasteiger partial charge in [0.25, 0.3) is 0 Å². The van der Waals surface area contributed by atoms with Gasteiger partial charge in [-0.15, -0.1) is 11.3 Å². The van der Waals surface area contributed by atoms with Gasteiger partial charge in [-0.1, -0.05) is 0 Å². The average Bonchev–Trinajstić information content (AvgIpc) is 2.75. The first-order valence-electron chi connectivity index (χ1n) is 6.27. The summed E-state index contributed by atoms with van der Waals surface area (Å²) in [5.41, 5.74) is 0.222. The molecule has 0 radical (unpaired) electrons. The first kappa shape index (κ1) is 15.2. The predicted molar refractivity (Wildman–Crippen MR) is 80.8 cm³/mol. The van der Waals surface area contributed by atoms with Crippen LogP contribution in [0, 0.1) is 0 Å². The molecule has 1 N–H and O–H groups in total. The highest BCUT2D eigenvalue weighted by Crippen LogP contribution is 2.35. The van der Waals surface area contributed by atoms with Gasteiger partial charge < -0.3 is 9.47 Å². The number of hydrogen-bond donors (Lipinski definition) is 1. The zero-order valence-electron chi connectivity index (χ0n) is 12.2. The number of methoxy groups -OCH3 is 1. The zero-order chi connectivity index (χ0) is 15.6. The van der Waals surface area contributed by atoms with Crippen molar-refractivity contribution in [2.45, 2.75) is 26.4 Å². The maximum Gasteiger partial charge on any atom is 0.412 e. The molecule has 2 aromatic rings. The molecule has 0 aromatic carbocycles. The topological polar surface area (TPSA) is 77.5 Å². The summed E-state index contributed by atoms with van der Waals surface area (Å²) in [6, 6.07) is 3.58. The highest BCUT2D eigenvalue weighted by Gasteiger charge is 2.24. The third-order valence-corrected chi connectivity index (χ3v) is 3.57. The highest BCUT2D eigenvalue weighted by atomic mass is 32.1. The van der Waals surface area contributed by atoms with Gasteiger partial charge in [0.15, 0.2) is 0 Å². The van der Waals surface area contributed by atoms with Gasteiger partial charge >= 0.3 is 12.1 Å². The first-order chi connectivity index (χ1) is 9.81. The summed E-state index contributed by atoms with van der Waals surface area (Å²) in [6.07, 6.45) is 0.953. The summed E-state index contributed by atoms with van der Waals surface area (Å²) in [6.45, 7) is 5.29. The molecular weight excluding hydrogens is 292 g/mol. The van der Waals surface area contributed by atoms with Gasteiger partial charge in [0.2, 0.25) is 0 Å². The van der Waals surface area contributed by atoms with Crippen molar-refractivity contribution >= 4 is 39.3 Å². The Bertz CT molecular complexity index is 688. The molecule has 2 rings (SSSR count). The second kappa shape index (κ2) is 5.69. The van der Waals surface area contributed by atoms with E-state index >= 15 is 0 Å². The number of hydrogen-bond acceptors (Lipinski definition) is 6. The molecule has 0 atom stereocenters. The SMILES string of the molecule is COC(=O)c1sc2cccnc2c1NC(=O)OC(C)(C)C. The number of rotatable bonds is 2. The molecule has 2 heterocycles. The Labute approximate surface area is 126 Å². The van der Waals surface area contributed by atoms with Crippen LogP contribution < -0.4 is 5.32 Å². The number of nitrogens with zero attached hydrogens (tertiary/aromatic N) is 1. The lowest BCUT2D eigenvalue weighted by Gasteiger charge is -2.19. The molecule has 0 spiro atoms. The van der Waals surface area contributed by atoms with Crippen LogP contribution in [0.3, 0.4) is 0 Å². The van der Waals surface area contributed by atoms with Crippen molar-refractivity contribution in [2.75, 3.05) is 12.4 Å². The van der Waals surface area contributed by atoms with Crippen molar-refractivity contribution in [3.63, 3.8) is 0 Å². The molecule has 0 saturated heterocycles. The molecule has 0 fully saturated rings. The second-order valence-electron chi connectivity index (χ2n) is 5.27. The van der Waals surface area contributed by atoms with E-state index in [0.717, 1.165) is 4.70 Å². The second-order valence-corrected chi connectivity index (χ2v) is 6.33. The molecule has 0 saturated carbocycles. The number of ether oxygens (including phenoxy) is 2. The number of pyridine rings is 1. The van der Waals surface area contributed by atoms with Gasteiger partial charge in [0, 0.05) is 6.20 Å². The van der Waals surface area contributed by atoms with E-state index in [1.807, 2.05) is 6.07 Å². The van der Waals surface area contributed by atoms with Gasteiger partial charge in [0.05, 0.1) is 17.5 Å². The van der Waals surface area contributed by atoms with Crippen LogP contribution in [0.2, 0.25) is 0 Å². The van der Waals surface area contributed by atoms with Crippen LogP contribution in [0.5, 0.6) is 0 Å². The Morgan fingerprint density at radius 3 is 2.67 bits per heavy atom. The van der Waals surface area contributed by atoms with Crippen LogP contribution in [0.1, 0.15) is 30.4 Å². The van der Waals surface area contributed by atoms with Crippen molar-refractivity contribution in [1.82, 2.24) is 4.98 Å². The fourth-order valence-corrected chi connectivity index (χ4v) is 2.72. The number of carbonyl (C=O) groups is 2. The molecule has 0 bridgehead atoms. The Morgan fingerprint density at radius 1 is 1.33 bits per heavy atom. The van der Waals surface area contributed by atoms with Gasteiger partial charge in [0.1, 0.15) is 16.0 Å². The minimum Gasteiger partial charge on any atom is -0.465 e. The Kier molecular flexibility index (Phi) is 4.13. The minimum absolute atomic E-state index is 0.289. The average molecular weight is 308 g/mol. The van der Waals surface area contributed by atoms with E-state index in [4.69, 9.17) is 9.47 Å².